The van der Waals surface area contributed by atoms with Gasteiger partial charge in [-0.1, -0.05) is 30.3 Å². The molecule has 0 aliphatic carbocycles. The molecule has 164 valence electrons. The highest BCUT2D eigenvalue weighted by Gasteiger charge is 2.25. The maximum absolute atomic E-state index is 12.8. The molecule has 0 spiro atoms. The number of fused-ring (bicyclic) bond motifs is 1. The van der Waals surface area contributed by atoms with Crippen LogP contribution in [-0.4, -0.2) is 30.3 Å². The molecule has 6 heteroatoms. The summed E-state index contributed by atoms with van der Waals surface area (Å²) in [5, 5.41) is 0. The van der Waals surface area contributed by atoms with Crippen LogP contribution in [0, 0.1) is 0 Å². The molecule has 0 N–H and O–H groups in total. The SMILES string of the molecule is CC(=O)N1CCc2cc(C(=O)C(C)OC(=O)CCc3ccc(-c4ccccc4)o3)ccc21. The maximum Gasteiger partial charge on any atom is 0.306 e. The number of rotatable bonds is 7. The van der Waals surface area contributed by atoms with Crippen molar-refractivity contribution in [2.45, 2.75) is 39.2 Å². The Morgan fingerprint density at radius 3 is 2.59 bits per heavy atom. The Morgan fingerprint density at radius 2 is 1.84 bits per heavy atom. The number of Topliss-reactive ketones (excluding diaryl/α,β-unsaturated/α-hetero) is 1. The van der Waals surface area contributed by atoms with E-state index in [1.54, 1.807) is 30.0 Å². The molecule has 1 aliphatic rings. The first-order valence-electron chi connectivity index (χ1n) is 10.7. The minimum absolute atomic E-state index is 0.0161. The van der Waals surface area contributed by atoms with Crippen molar-refractivity contribution in [3.8, 4) is 11.3 Å². The van der Waals surface area contributed by atoms with Gasteiger partial charge in [0, 0.05) is 36.7 Å². The van der Waals surface area contributed by atoms with E-state index in [2.05, 4.69) is 0 Å². The third-order valence-corrected chi connectivity index (χ3v) is 5.61. The number of hydrogen-bond donors (Lipinski definition) is 0. The van der Waals surface area contributed by atoms with Crippen molar-refractivity contribution >= 4 is 23.3 Å². The standard InChI is InChI=1S/C26H25NO5/c1-17(26(30)21-8-11-23-20(16-21)14-15-27(23)18(2)28)31-25(29)13-10-22-9-12-24(32-22)19-6-4-3-5-7-19/h3-9,11-12,16-17H,10,13-15H2,1-2H3. The molecule has 0 fully saturated rings. The summed E-state index contributed by atoms with van der Waals surface area (Å²) in [7, 11) is 0. The summed E-state index contributed by atoms with van der Waals surface area (Å²) in [6.45, 7) is 3.72. The molecule has 1 atom stereocenters. The highest BCUT2D eigenvalue weighted by molar-refractivity contribution is 6.01. The molecule has 0 saturated heterocycles. The third kappa shape index (κ3) is 4.64. The van der Waals surface area contributed by atoms with Gasteiger partial charge in [-0.25, -0.2) is 0 Å². The number of benzene rings is 2. The van der Waals surface area contributed by atoms with E-state index in [1.807, 2.05) is 42.5 Å². The Labute approximate surface area is 186 Å². The lowest BCUT2D eigenvalue weighted by atomic mass is 10.0. The maximum atomic E-state index is 12.8. The van der Waals surface area contributed by atoms with E-state index in [0.29, 0.717) is 30.7 Å². The number of hydrogen-bond acceptors (Lipinski definition) is 5. The molecule has 1 aliphatic heterocycles. The van der Waals surface area contributed by atoms with Crippen molar-refractivity contribution in [2.75, 3.05) is 11.4 Å². The minimum Gasteiger partial charge on any atom is -0.461 e. The molecule has 1 aromatic heterocycles. The number of ketones is 1. The number of aryl methyl sites for hydroxylation is 1. The van der Waals surface area contributed by atoms with Crippen LogP contribution in [-0.2, 0) is 27.2 Å². The van der Waals surface area contributed by atoms with Gasteiger partial charge < -0.3 is 14.1 Å². The van der Waals surface area contributed by atoms with E-state index < -0.39 is 12.1 Å². The second-order valence-corrected chi connectivity index (χ2v) is 7.89. The van der Waals surface area contributed by atoms with Gasteiger partial charge in [-0.05, 0) is 49.2 Å². The highest BCUT2D eigenvalue weighted by atomic mass is 16.5. The van der Waals surface area contributed by atoms with Crippen LogP contribution >= 0.6 is 0 Å². The number of amides is 1. The molecule has 0 radical (unpaired) electrons. The number of carbonyl (C=O) groups excluding carboxylic acids is 3. The lowest BCUT2D eigenvalue weighted by Crippen LogP contribution is -2.26. The molecule has 0 bridgehead atoms. The van der Waals surface area contributed by atoms with Crippen LogP contribution in [0.4, 0.5) is 5.69 Å². The zero-order chi connectivity index (χ0) is 22.7. The molecular formula is C26H25NO5. The fraction of sp³-hybridized carbons (Fsp3) is 0.269. The summed E-state index contributed by atoms with van der Waals surface area (Å²) in [5.41, 5.74) is 3.25. The molecule has 3 aromatic rings. The van der Waals surface area contributed by atoms with Gasteiger partial charge in [0.15, 0.2) is 6.10 Å². The van der Waals surface area contributed by atoms with E-state index in [1.165, 1.54) is 6.92 Å². The summed E-state index contributed by atoms with van der Waals surface area (Å²) in [6.07, 6.45) is 0.337. The largest absolute Gasteiger partial charge is 0.461 e. The average molecular weight is 431 g/mol. The number of ether oxygens (including phenoxy) is 1. The Bertz CT molecular complexity index is 1150. The van der Waals surface area contributed by atoms with E-state index in [9.17, 15) is 14.4 Å². The third-order valence-electron chi connectivity index (χ3n) is 5.61. The number of anilines is 1. The molecule has 4 rings (SSSR count). The summed E-state index contributed by atoms with van der Waals surface area (Å²) in [5.74, 6) is 0.711. The van der Waals surface area contributed by atoms with E-state index in [-0.39, 0.29) is 18.1 Å². The summed E-state index contributed by atoms with van der Waals surface area (Å²) < 4.78 is 11.2. The molecule has 1 unspecified atom stereocenters. The van der Waals surface area contributed by atoms with Gasteiger partial charge in [0.1, 0.15) is 11.5 Å². The number of furan rings is 1. The van der Waals surface area contributed by atoms with Gasteiger partial charge >= 0.3 is 5.97 Å². The fourth-order valence-corrected chi connectivity index (χ4v) is 3.92. The van der Waals surface area contributed by atoms with Crippen LogP contribution in [0.5, 0.6) is 0 Å². The summed E-state index contributed by atoms with van der Waals surface area (Å²) in [4.78, 5) is 38.4. The van der Waals surface area contributed by atoms with Gasteiger partial charge in [0.25, 0.3) is 0 Å². The van der Waals surface area contributed by atoms with Gasteiger partial charge in [0.2, 0.25) is 11.7 Å². The molecule has 0 saturated carbocycles. The first-order valence-corrected chi connectivity index (χ1v) is 10.7. The van der Waals surface area contributed by atoms with Gasteiger partial charge in [0.05, 0.1) is 6.42 Å². The van der Waals surface area contributed by atoms with Crippen LogP contribution in [0.1, 0.15) is 41.9 Å². The van der Waals surface area contributed by atoms with Crippen molar-refractivity contribution in [2.24, 2.45) is 0 Å². The van der Waals surface area contributed by atoms with Crippen LogP contribution in [0.2, 0.25) is 0 Å². The Morgan fingerprint density at radius 1 is 1.06 bits per heavy atom. The van der Waals surface area contributed by atoms with Gasteiger partial charge in [-0.2, -0.15) is 0 Å². The average Bonchev–Trinajstić information content (AvgIpc) is 3.44. The number of carbonyl (C=O) groups is 3. The van der Waals surface area contributed by atoms with E-state index in [4.69, 9.17) is 9.15 Å². The minimum atomic E-state index is -0.887. The molecular weight excluding hydrogens is 406 g/mol. The lowest BCUT2D eigenvalue weighted by molar-refractivity contribution is -0.146. The molecule has 1 amide bonds. The quantitative estimate of drug-likeness (QED) is 0.404. The summed E-state index contributed by atoms with van der Waals surface area (Å²) >= 11 is 0. The molecule has 32 heavy (non-hydrogen) atoms. The van der Waals surface area contributed by atoms with Crippen LogP contribution in [0.25, 0.3) is 11.3 Å². The van der Waals surface area contributed by atoms with Crippen molar-refractivity contribution in [3.63, 3.8) is 0 Å². The smallest absolute Gasteiger partial charge is 0.306 e. The fourth-order valence-electron chi connectivity index (χ4n) is 3.92. The lowest BCUT2D eigenvalue weighted by Gasteiger charge is -2.16. The van der Waals surface area contributed by atoms with E-state index in [0.717, 1.165) is 22.6 Å². The highest BCUT2D eigenvalue weighted by Crippen LogP contribution is 2.29. The predicted octanol–water partition coefficient (Wildman–Crippen LogP) is 4.60. The second kappa shape index (κ2) is 9.22. The van der Waals surface area contributed by atoms with Crippen molar-refractivity contribution in [1.82, 2.24) is 0 Å². The first kappa shape index (κ1) is 21.6. The van der Waals surface area contributed by atoms with Crippen molar-refractivity contribution in [1.29, 1.82) is 0 Å². The van der Waals surface area contributed by atoms with Crippen LogP contribution < -0.4 is 4.90 Å². The van der Waals surface area contributed by atoms with Crippen LogP contribution in [0.15, 0.2) is 65.1 Å². The van der Waals surface area contributed by atoms with Gasteiger partial charge in [-0.3, -0.25) is 14.4 Å². The zero-order valence-electron chi connectivity index (χ0n) is 18.2. The predicted molar refractivity (Wildman–Crippen MR) is 121 cm³/mol. The molecule has 6 nitrogen and oxygen atoms in total. The monoisotopic (exact) mass is 431 g/mol. The van der Waals surface area contributed by atoms with Crippen LogP contribution in [0.3, 0.4) is 0 Å². The van der Waals surface area contributed by atoms with Gasteiger partial charge in [-0.15, -0.1) is 0 Å². The summed E-state index contributed by atoms with van der Waals surface area (Å²) in [6, 6.07) is 18.7. The number of nitrogens with zero attached hydrogens (tertiary/aromatic N) is 1. The Hall–Kier alpha value is -3.67. The molecule has 2 heterocycles. The molecule has 2 aromatic carbocycles. The van der Waals surface area contributed by atoms with Crippen molar-refractivity contribution < 1.29 is 23.5 Å². The first-order chi connectivity index (χ1) is 15.4. The Kier molecular flexibility index (Phi) is 6.21. The normalized spacial score (nSPS) is 13.5. The van der Waals surface area contributed by atoms with E-state index >= 15 is 0 Å². The second-order valence-electron chi connectivity index (χ2n) is 7.89. The zero-order valence-corrected chi connectivity index (χ0v) is 18.2. The number of esters is 1. The van der Waals surface area contributed by atoms with Crippen molar-refractivity contribution in [3.05, 3.63) is 77.6 Å². The Balaban J connectivity index is 1.32. The topological polar surface area (TPSA) is 76.8 Å².